The third-order valence-electron chi connectivity index (χ3n) is 2.55. The molecule has 1 N–H and O–H groups in total. The molecule has 0 fully saturated rings. The molecule has 0 aromatic heterocycles. The predicted octanol–water partition coefficient (Wildman–Crippen LogP) is 1.84. The molecule has 3 nitrogen and oxygen atoms in total. The van der Waals surface area contributed by atoms with E-state index in [2.05, 4.69) is 26.1 Å². The number of sulfone groups is 1. The van der Waals surface area contributed by atoms with Crippen molar-refractivity contribution in [1.29, 1.82) is 0 Å². The van der Waals surface area contributed by atoms with Gasteiger partial charge < -0.3 is 5.32 Å². The van der Waals surface area contributed by atoms with Gasteiger partial charge >= 0.3 is 0 Å². The van der Waals surface area contributed by atoms with Gasteiger partial charge in [-0.3, -0.25) is 0 Å². The SMILES string of the molecule is CCCNCCC(C)(C)CCS(C)(=O)=O. The van der Waals surface area contributed by atoms with Gasteiger partial charge in [-0.2, -0.15) is 0 Å². The Bertz CT molecular complexity index is 258. The van der Waals surface area contributed by atoms with Crippen molar-refractivity contribution >= 4 is 9.84 Å². The molecule has 0 saturated carbocycles. The molecule has 0 rings (SSSR count). The fourth-order valence-electron chi connectivity index (χ4n) is 1.32. The van der Waals surface area contributed by atoms with Gasteiger partial charge in [0.25, 0.3) is 0 Å². The zero-order chi connectivity index (χ0) is 11.9. The Hall–Kier alpha value is -0.0900. The predicted molar refractivity (Wildman–Crippen MR) is 65.9 cm³/mol. The van der Waals surface area contributed by atoms with Gasteiger partial charge in [-0.1, -0.05) is 20.8 Å². The molecule has 0 saturated heterocycles. The van der Waals surface area contributed by atoms with Gasteiger partial charge in [0.05, 0.1) is 5.75 Å². The Labute approximate surface area is 94.6 Å². The molecule has 0 atom stereocenters. The zero-order valence-electron chi connectivity index (χ0n) is 10.5. The van der Waals surface area contributed by atoms with Crippen LogP contribution in [0.2, 0.25) is 0 Å². The van der Waals surface area contributed by atoms with Crippen molar-refractivity contribution in [3.8, 4) is 0 Å². The molecule has 4 heteroatoms. The monoisotopic (exact) mass is 235 g/mol. The zero-order valence-corrected chi connectivity index (χ0v) is 11.3. The molecule has 0 unspecified atom stereocenters. The van der Waals surface area contributed by atoms with Gasteiger partial charge in [-0.15, -0.1) is 0 Å². The van der Waals surface area contributed by atoms with Crippen LogP contribution in [0, 0.1) is 5.41 Å². The van der Waals surface area contributed by atoms with Crippen LogP contribution in [0.5, 0.6) is 0 Å². The topological polar surface area (TPSA) is 46.2 Å². The number of rotatable bonds is 8. The summed E-state index contributed by atoms with van der Waals surface area (Å²) < 4.78 is 22.1. The molecule has 15 heavy (non-hydrogen) atoms. The van der Waals surface area contributed by atoms with Crippen molar-refractivity contribution in [3.05, 3.63) is 0 Å². The van der Waals surface area contributed by atoms with E-state index in [9.17, 15) is 8.42 Å². The third kappa shape index (κ3) is 10.2. The third-order valence-corrected chi connectivity index (χ3v) is 3.50. The maximum atomic E-state index is 11.0. The summed E-state index contributed by atoms with van der Waals surface area (Å²) >= 11 is 0. The Kier molecular flexibility index (Phi) is 6.44. The lowest BCUT2D eigenvalue weighted by Crippen LogP contribution is -2.24. The first-order chi connectivity index (χ1) is 6.77. The van der Waals surface area contributed by atoms with Crippen molar-refractivity contribution in [3.63, 3.8) is 0 Å². The summed E-state index contributed by atoms with van der Waals surface area (Å²) in [6, 6.07) is 0. The van der Waals surface area contributed by atoms with Crippen LogP contribution in [0.15, 0.2) is 0 Å². The van der Waals surface area contributed by atoms with Crippen LogP contribution in [-0.4, -0.2) is 33.5 Å². The van der Waals surface area contributed by atoms with E-state index >= 15 is 0 Å². The van der Waals surface area contributed by atoms with Crippen LogP contribution in [0.25, 0.3) is 0 Å². The molecular formula is C11H25NO2S. The smallest absolute Gasteiger partial charge is 0.147 e. The second-order valence-electron chi connectivity index (χ2n) is 5.04. The van der Waals surface area contributed by atoms with Crippen molar-refractivity contribution in [2.45, 2.75) is 40.0 Å². The molecule has 0 spiro atoms. The van der Waals surface area contributed by atoms with Crippen LogP contribution < -0.4 is 5.32 Å². The molecule has 0 amide bonds. The van der Waals surface area contributed by atoms with Crippen molar-refractivity contribution in [2.75, 3.05) is 25.1 Å². The number of nitrogens with one attached hydrogen (secondary N) is 1. The van der Waals surface area contributed by atoms with Crippen LogP contribution in [-0.2, 0) is 9.84 Å². The standard InChI is InChI=1S/C11H25NO2S/c1-5-8-12-9-6-11(2,3)7-10-15(4,13)14/h12H,5-10H2,1-4H3. The highest BCUT2D eigenvalue weighted by Crippen LogP contribution is 2.24. The molecule has 0 aliphatic heterocycles. The van der Waals surface area contributed by atoms with Gasteiger partial charge in [0, 0.05) is 6.26 Å². The minimum Gasteiger partial charge on any atom is -0.317 e. The average molecular weight is 235 g/mol. The summed E-state index contributed by atoms with van der Waals surface area (Å²) in [7, 11) is -2.81. The second kappa shape index (κ2) is 6.48. The van der Waals surface area contributed by atoms with E-state index in [1.807, 2.05) is 0 Å². The van der Waals surface area contributed by atoms with Crippen LogP contribution in [0.3, 0.4) is 0 Å². The Morgan fingerprint density at radius 3 is 2.20 bits per heavy atom. The first kappa shape index (κ1) is 14.9. The van der Waals surface area contributed by atoms with Crippen LogP contribution >= 0.6 is 0 Å². The highest BCUT2D eigenvalue weighted by molar-refractivity contribution is 7.90. The van der Waals surface area contributed by atoms with Crippen LogP contribution in [0.1, 0.15) is 40.0 Å². The molecular weight excluding hydrogens is 210 g/mol. The first-order valence-electron chi connectivity index (χ1n) is 5.65. The summed E-state index contributed by atoms with van der Waals surface area (Å²) in [5.41, 5.74) is 0.115. The fourth-order valence-corrected chi connectivity index (χ4v) is 2.24. The van der Waals surface area contributed by atoms with Gasteiger partial charge in [-0.05, 0) is 37.8 Å². The molecule has 0 aromatic carbocycles. The van der Waals surface area contributed by atoms with E-state index in [4.69, 9.17) is 0 Å². The highest BCUT2D eigenvalue weighted by atomic mass is 32.2. The minimum absolute atomic E-state index is 0.115. The van der Waals surface area contributed by atoms with Crippen molar-refractivity contribution < 1.29 is 8.42 Å². The maximum absolute atomic E-state index is 11.0. The van der Waals surface area contributed by atoms with Crippen molar-refractivity contribution in [1.82, 2.24) is 5.32 Å². The summed E-state index contributed by atoms with van der Waals surface area (Å²) in [5.74, 6) is 0.299. The lowest BCUT2D eigenvalue weighted by molar-refractivity contribution is 0.316. The Morgan fingerprint density at radius 1 is 1.13 bits per heavy atom. The van der Waals surface area contributed by atoms with E-state index < -0.39 is 9.84 Å². The summed E-state index contributed by atoms with van der Waals surface area (Å²) in [4.78, 5) is 0. The molecule has 0 radical (unpaired) electrons. The highest BCUT2D eigenvalue weighted by Gasteiger charge is 2.19. The second-order valence-corrected chi connectivity index (χ2v) is 7.30. The van der Waals surface area contributed by atoms with Gasteiger partial charge in [0.2, 0.25) is 0 Å². The molecule has 0 aromatic rings. The van der Waals surface area contributed by atoms with Crippen LogP contribution in [0.4, 0.5) is 0 Å². The summed E-state index contributed by atoms with van der Waals surface area (Å²) in [5, 5.41) is 3.34. The largest absolute Gasteiger partial charge is 0.317 e. The van der Waals surface area contributed by atoms with Gasteiger partial charge in [0.15, 0.2) is 0 Å². The summed E-state index contributed by atoms with van der Waals surface area (Å²) in [6.45, 7) is 8.42. The molecule has 0 aliphatic carbocycles. The van der Waals surface area contributed by atoms with Crippen molar-refractivity contribution in [2.24, 2.45) is 5.41 Å². The molecule has 0 heterocycles. The van der Waals surface area contributed by atoms with E-state index in [0.717, 1.165) is 32.4 Å². The van der Waals surface area contributed by atoms with Gasteiger partial charge in [-0.25, -0.2) is 8.42 Å². The van der Waals surface area contributed by atoms with Gasteiger partial charge in [0.1, 0.15) is 9.84 Å². The van der Waals surface area contributed by atoms with E-state index in [1.54, 1.807) is 0 Å². The number of hydrogen-bond acceptors (Lipinski definition) is 3. The minimum atomic E-state index is -2.81. The normalized spacial score (nSPS) is 13.1. The first-order valence-corrected chi connectivity index (χ1v) is 7.71. The summed E-state index contributed by atoms with van der Waals surface area (Å²) in [6.07, 6.45) is 4.23. The van der Waals surface area contributed by atoms with E-state index in [0.29, 0.717) is 5.75 Å². The molecule has 0 bridgehead atoms. The number of hydrogen-bond donors (Lipinski definition) is 1. The average Bonchev–Trinajstić information content (AvgIpc) is 2.09. The quantitative estimate of drug-likeness (QED) is 0.653. The van der Waals surface area contributed by atoms with E-state index in [-0.39, 0.29) is 5.41 Å². The molecule has 92 valence electrons. The lowest BCUT2D eigenvalue weighted by Gasteiger charge is -2.24. The Morgan fingerprint density at radius 2 is 1.73 bits per heavy atom. The lowest BCUT2D eigenvalue weighted by atomic mass is 9.86. The fraction of sp³-hybridized carbons (Fsp3) is 1.00. The Balaban J connectivity index is 3.77. The maximum Gasteiger partial charge on any atom is 0.147 e. The molecule has 0 aliphatic rings. The van der Waals surface area contributed by atoms with E-state index in [1.165, 1.54) is 6.26 Å².